The van der Waals surface area contributed by atoms with Gasteiger partial charge in [-0.15, -0.1) is 0 Å². The Morgan fingerprint density at radius 1 is 1.07 bits per heavy atom. The highest BCUT2D eigenvalue weighted by Gasteiger charge is 2.21. The molecule has 2 atom stereocenters. The van der Waals surface area contributed by atoms with Gasteiger partial charge in [-0.25, -0.2) is 0 Å². The second-order valence-corrected chi connectivity index (χ2v) is 7.47. The van der Waals surface area contributed by atoms with Crippen LogP contribution < -0.4 is 10.1 Å². The first kappa shape index (κ1) is 22.8. The van der Waals surface area contributed by atoms with Crippen LogP contribution in [-0.4, -0.2) is 35.9 Å². The lowest BCUT2D eigenvalue weighted by atomic mass is 10.1. The number of carbonyl (C=O) groups excluding carboxylic acids is 2. The molecule has 0 bridgehead atoms. The van der Waals surface area contributed by atoms with Crippen molar-refractivity contribution < 1.29 is 14.3 Å². The zero-order valence-electron chi connectivity index (χ0n) is 17.2. The zero-order chi connectivity index (χ0) is 21.2. The third-order valence-electron chi connectivity index (χ3n) is 4.88. The highest BCUT2D eigenvalue weighted by atomic mass is 35.5. The number of hydrogen-bond donors (Lipinski definition) is 1. The monoisotopic (exact) mass is 416 g/mol. The summed E-state index contributed by atoms with van der Waals surface area (Å²) in [6, 6.07) is 16.6. The van der Waals surface area contributed by atoms with E-state index in [0.717, 1.165) is 12.0 Å². The first-order chi connectivity index (χ1) is 13.9. The van der Waals surface area contributed by atoms with Gasteiger partial charge in [-0.3, -0.25) is 9.59 Å². The van der Waals surface area contributed by atoms with Gasteiger partial charge in [-0.05, 0) is 50.1 Å². The molecule has 29 heavy (non-hydrogen) atoms. The van der Waals surface area contributed by atoms with Crippen LogP contribution in [0.2, 0.25) is 5.02 Å². The standard InChI is InChI=1S/C23H29ClN2O3/c1-4-17(2)26(23(28)16-29-21-12-10-20(24)11-13-21)15-14-22(27)25-18(3)19-8-6-5-7-9-19/h5-13,17-18H,4,14-16H2,1-3H3,(H,25,27). The van der Waals surface area contributed by atoms with Crippen LogP contribution in [0.5, 0.6) is 5.75 Å². The molecule has 0 aromatic heterocycles. The van der Waals surface area contributed by atoms with Gasteiger partial charge < -0.3 is 15.0 Å². The first-order valence-corrected chi connectivity index (χ1v) is 10.3. The molecule has 2 aromatic rings. The molecular weight excluding hydrogens is 388 g/mol. The average Bonchev–Trinajstić information content (AvgIpc) is 2.73. The maximum Gasteiger partial charge on any atom is 0.260 e. The molecule has 2 amide bonds. The van der Waals surface area contributed by atoms with Gasteiger partial charge in [0.2, 0.25) is 5.91 Å². The summed E-state index contributed by atoms with van der Waals surface area (Å²) >= 11 is 5.86. The minimum absolute atomic E-state index is 0.0238. The van der Waals surface area contributed by atoms with Crippen molar-refractivity contribution in [1.29, 1.82) is 0 Å². The van der Waals surface area contributed by atoms with Gasteiger partial charge in [0, 0.05) is 24.0 Å². The summed E-state index contributed by atoms with van der Waals surface area (Å²) in [5.74, 6) is 0.362. The Balaban J connectivity index is 1.87. The Kier molecular flexibility index (Phi) is 9.00. The molecule has 6 heteroatoms. The highest BCUT2D eigenvalue weighted by molar-refractivity contribution is 6.30. The molecule has 0 saturated heterocycles. The molecule has 0 radical (unpaired) electrons. The normalized spacial score (nSPS) is 12.7. The van der Waals surface area contributed by atoms with Gasteiger partial charge in [-0.2, -0.15) is 0 Å². The number of amides is 2. The Morgan fingerprint density at radius 3 is 2.34 bits per heavy atom. The van der Waals surface area contributed by atoms with Crippen LogP contribution in [0.1, 0.15) is 45.2 Å². The van der Waals surface area contributed by atoms with E-state index in [2.05, 4.69) is 5.32 Å². The summed E-state index contributed by atoms with van der Waals surface area (Å²) in [4.78, 5) is 26.8. The Bertz CT molecular complexity index is 780. The van der Waals surface area contributed by atoms with Crippen LogP contribution in [0.3, 0.4) is 0 Å². The topological polar surface area (TPSA) is 58.6 Å². The summed E-state index contributed by atoms with van der Waals surface area (Å²) in [7, 11) is 0. The average molecular weight is 417 g/mol. The fourth-order valence-electron chi connectivity index (χ4n) is 2.93. The molecule has 0 heterocycles. The largest absolute Gasteiger partial charge is 0.484 e. The van der Waals surface area contributed by atoms with Crippen LogP contribution in [0.15, 0.2) is 54.6 Å². The number of halogens is 1. The van der Waals surface area contributed by atoms with E-state index in [9.17, 15) is 9.59 Å². The first-order valence-electron chi connectivity index (χ1n) is 9.92. The van der Waals surface area contributed by atoms with Gasteiger partial charge in [0.1, 0.15) is 5.75 Å². The van der Waals surface area contributed by atoms with E-state index < -0.39 is 0 Å². The molecule has 156 valence electrons. The summed E-state index contributed by atoms with van der Waals surface area (Å²) in [5.41, 5.74) is 1.05. The minimum Gasteiger partial charge on any atom is -0.484 e. The predicted molar refractivity (Wildman–Crippen MR) is 116 cm³/mol. The molecule has 2 unspecified atom stereocenters. The van der Waals surface area contributed by atoms with Gasteiger partial charge in [0.25, 0.3) is 5.91 Å². The fraction of sp³-hybridized carbons (Fsp3) is 0.391. The van der Waals surface area contributed by atoms with Crippen molar-refractivity contribution in [3.05, 3.63) is 65.2 Å². The molecule has 0 fully saturated rings. The van der Waals surface area contributed by atoms with Crippen molar-refractivity contribution >= 4 is 23.4 Å². The second kappa shape index (κ2) is 11.5. The zero-order valence-corrected chi connectivity index (χ0v) is 18.0. The number of nitrogens with zero attached hydrogens (tertiary/aromatic N) is 1. The van der Waals surface area contributed by atoms with Crippen LogP contribution in [0.4, 0.5) is 0 Å². The van der Waals surface area contributed by atoms with Crippen LogP contribution in [0, 0.1) is 0 Å². The summed E-state index contributed by atoms with van der Waals surface area (Å²) in [5, 5.41) is 3.60. The lowest BCUT2D eigenvalue weighted by Gasteiger charge is -2.28. The molecule has 5 nitrogen and oxygen atoms in total. The molecule has 0 spiro atoms. The maximum absolute atomic E-state index is 12.7. The van der Waals surface area contributed by atoms with Crippen molar-refractivity contribution in [1.82, 2.24) is 10.2 Å². The Hall–Kier alpha value is -2.53. The molecule has 0 aliphatic heterocycles. The number of benzene rings is 2. The Labute approximate surface area is 178 Å². The lowest BCUT2D eigenvalue weighted by Crippen LogP contribution is -2.43. The van der Waals surface area contributed by atoms with E-state index in [1.807, 2.05) is 51.1 Å². The third kappa shape index (κ3) is 7.42. The van der Waals surface area contributed by atoms with Crippen LogP contribution in [-0.2, 0) is 9.59 Å². The van der Waals surface area contributed by atoms with Crippen molar-refractivity contribution in [2.45, 2.75) is 45.7 Å². The number of nitrogens with one attached hydrogen (secondary N) is 1. The van der Waals surface area contributed by atoms with Gasteiger partial charge in [0.15, 0.2) is 6.61 Å². The van der Waals surface area contributed by atoms with E-state index in [4.69, 9.17) is 16.3 Å². The predicted octanol–water partition coefficient (Wildman–Crippen LogP) is 4.61. The van der Waals surface area contributed by atoms with Crippen molar-refractivity contribution in [3.8, 4) is 5.75 Å². The van der Waals surface area contributed by atoms with Crippen LogP contribution in [0.25, 0.3) is 0 Å². The highest BCUT2D eigenvalue weighted by Crippen LogP contribution is 2.16. The van der Waals surface area contributed by atoms with E-state index in [1.54, 1.807) is 29.2 Å². The van der Waals surface area contributed by atoms with E-state index in [-0.39, 0.29) is 36.9 Å². The summed E-state index contributed by atoms with van der Waals surface area (Å²) in [6.07, 6.45) is 1.04. The fourth-order valence-corrected chi connectivity index (χ4v) is 3.06. The maximum atomic E-state index is 12.7. The quantitative estimate of drug-likeness (QED) is 0.615. The van der Waals surface area contributed by atoms with Gasteiger partial charge in [0.05, 0.1) is 6.04 Å². The molecule has 2 rings (SSSR count). The van der Waals surface area contributed by atoms with E-state index >= 15 is 0 Å². The number of carbonyl (C=O) groups is 2. The third-order valence-corrected chi connectivity index (χ3v) is 5.13. The second-order valence-electron chi connectivity index (χ2n) is 7.04. The lowest BCUT2D eigenvalue weighted by molar-refractivity contribution is -0.136. The SMILES string of the molecule is CCC(C)N(CCC(=O)NC(C)c1ccccc1)C(=O)COc1ccc(Cl)cc1. The van der Waals surface area contributed by atoms with Crippen LogP contribution >= 0.6 is 11.6 Å². The van der Waals surface area contributed by atoms with Crippen molar-refractivity contribution in [3.63, 3.8) is 0 Å². The molecule has 0 saturated carbocycles. The molecule has 0 aliphatic rings. The Morgan fingerprint density at radius 2 is 1.72 bits per heavy atom. The summed E-state index contributed by atoms with van der Waals surface area (Å²) < 4.78 is 5.58. The van der Waals surface area contributed by atoms with E-state index in [0.29, 0.717) is 17.3 Å². The van der Waals surface area contributed by atoms with Gasteiger partial charge >= 0.3 is 0 Å². The van der Waals surface area contributed by atoms with Crippen molar-refractivity contribution in [2.24, 2.45) is 0 Å². The van der Waals surface area contributed by atoms with E-state index in [1.165, 1.54) is 0 Å². The number of ether oxygens (including phenoxy) is 1. The van der Waals surface area contributed by atoms with Crippen molar-refractivity contribution in [2.75, 3.05) is 13.2 Å². The molecule has 1 N–H and O–H groups in total. The number of hydrogen-bond acceptors (Lipinski definition) is 3. The number of rotatable bonds is 10. The minimum atomic E-state index is -0.141. The smallest absolute Gasteiger partial charge is 0.260 e. The van der Waals surface area contributed by atoms with Gasteiger partial charge in [-0.1, -0.05) is 48.9 Å². The molecule has 2 aromatic carbocycles. The molecule has 0 aliphatic carbocycles. The molecular formula is C23H29ClN2O3. The summed E-state index contributed by atoms with van der Waals surface area (Å²) in [6.45, 7) is 6.22.